The molecule has 3 rings (SSSR count). The minimum Gasteiger partial charge on any atom is -0.495 e. The van der Waals surface area contributed by atoms with Gasteiger partial charge in [0.1, 0.15) is 5.75 Å². The standard InChI is InChI=1S/C27H30FN5O3/c1-8-10-29-13-19(9-2)17(3)20(16-35-6)11-23-18(4)25-24(15-30-23)32(5)27(34)33(25)26-22(28)12-21(36-7)14-31-26/h8-15H,3,16H2,1-2,4-7H3/b10-8+,19-9+,20-11-,29-13-. The molecule has 0 aliphatic heterocycles. The Balaban J connectivity index is 2.22. The summed E-state index contributed by atoms with van der Waals surface area (Å²) in [7, 11) is 4.63. The first kappa shape index (κ1) is 26.5. The summed E-state index contributed by atoms with van der Waals surface area (Å²) in [6, 6.07) is 1.19. The zero-order valence-corrected chi connectivity index (χ0v) is 21.4. The molecule has 0 saturated heterocycles. The number of pyridine rings is 2. The molecule has 0 fully saturated rings. The van der Waals surface area contributed by atoms with Crippen LogP contribution in [0.2, 0.25) is 0 Å². The second-order valence-corrected chi connectivity index (χ2v) is 7.95. The molecule has 3 heterocycles. The Labute approximate surface area is 209 Å². The molecular weight excluding hydrogens is 461 g/mol. The van der Waals surface area contributed by atoms with Crippen molar-refractivity contribution in [2.75, 3.05) is 20.8 Å². The molecule has 0 saturated carbocycles. The molecule has 0 aliphatic carbocycles. The van der Waals surface area contributed by atoms with E-state index in [-0.39, 0.29) is 18.2 Å². The predicted molar refractivity (Wildman–Crippen MR) is 141 cm³/mol. The number of aliphatic imine (C=N–C) groups is 1. The van der Waals surface area contributed by atoms with Crippen LogP contribution in [0, 0.1) is 12.7 Å². The summed E-state index contributed by atoms with van der Waals surface area (Å²) in [5.41, 5.74) is 4.21. The van der Waals surface area contributed by atoms with Gasteiger partial charge in [-0.3, -0.25) is 14.5 Å². The van der Waals surface area contributed by atoms with Crippen LogP contribution in [0.15, 0.2) is 69.9 Å². The van der Waals surface area contributed by atoms with Gasteiger partial charge >= 0.3 is 5.69 Å². The maximum absolute atomic E-state index is 15.0. The smallest absolute Gasteiger partial charge is 0.334 e. The third kappa shape index (κ3) is 5.11. The van der Waals surface area contributed by atoms with Gasteiger partial charge in [0, 0.05) is 38.2 Å². The maximum atomic E-state index is 15.0. The third-order valence-electron chi connectivity index (χ3n) is 5.72. The summed E-state index contributed by atoms with van der Waals surface area (Å²) in [4.78, 5) is 26.1. The van der Waals surface area contributed by atoms with Gasteiger partial charge in [0.15, 0.2) is 11.6 Å². The SMILES string of the molecule is C=C(C(/C=N\C=C\C)=C/C)/C(=C\c1ncc2c(c1C)n(-c1ncc(OC)cc1F)c(=O)n2C)COC. The fourth-order valence-corrected chi connectivity index (χ4v) is 3.77. The van der Waals surface area contributed by atoms with Crippen molar-refractivity contribution in [1.82, 2.24) is 19.1 Å². The zero-order chi connectivity index (χ0) is 26.4. The summed E-state index contributed by atoms with van der Waals surface area (Å²) in [6.45, 7) is 10.1. The molecule has 0 bridgehead atoms. The Morgan fingerprint density at radius 2 is 2.00 bits per heavy atom. The fourth-order valence-electron chi connectivity index (χ4n) is 3.77. The zero-order valence-electron chi connectivity index (χ0n) is 21.4. The minimum atomic E-state index is -0.677. The lowest BCUT2D eigenvalue weighted by Gasteiger charge is -2.13. The van der Waals surface area contributed by atoms with Crippen LogP contribution in [0.3, 0.4) is 0 Å². The van der Waals surface area contributed by atoms with Crippen LogP contribution in [-0.4, -0.2) is 46.1 Å². The van der Waals surface area contributed by atoms with Crippen molar-refractivity contribution in [2.24, 2.45) is 12.0 Å². The monoisotopic (exact) mass is 491 g/mol. The van der Waals surface area contributed by atoms with Gasteiger partial charge in [0.2, 0.25) is 0 Å². The van der Waals surface area contributed by atoms with Gasteiger partial charge in [0.25, 0.3) is 0 Å². The number of ether oxygens (including phenoxy) is 2. The summed E-state index contributed by atoms with van der Waals surface area (Å²) in [5.74, 6) is -0.538. The van der Waals surface area contributed by atoms with Gasteiger partial charge in [-0.25, -0.2) is 18.7 Å². The number of hydrogen-bond donors (Lipinski definition) is 0. The van der Waals surface area contributed by atoms with Gasteiger partial charge in [-0.2, -0.15) is 0 Å². The summed E-state index contributed by atoms with van der Waals surface area (Å²) >= 11 is 0. The molecule has 0 N–H and O–H groups in total. The van der Waals surface area contributed by atoms with Crippen molar-refractivity contribution in [1.29, 1.82) is 0 Å². The molecule has 3 aromatic heterocycles. The van der Waals surface area contributed by atoms with E-state index < -0.39 is 11.5 Å². The molecule has 0 amide bonds. The Morgan fingerprint density at radius 1 is 1.25 bits per heavy atom. The van der Waals surface area contributed by atoms with Crippen molar-refractivity contribution >= 4 is 23.3 Å². The lowest BCUT2D eigenvalue weighted by Crippen LogP contribution is -2.22. The second kappa shape index (κ2) is 11.5. The maximum Gasteiger partial charge on any atom is 0.334 e. The van der Waals surface area contributed by atoms with E-state index in [1.54, 1.807) is 32.8 Å². The highest BCUT2D eigenvalue weighted by atomic mass is 19.1. The van der Waals surface area contributed by atoms with Gasteiger partial charge < -0.3 is 9.47 Å². The molecule has 8 nitrogen and oxygen atoms in total. The molecule has 188 valence electrons. The number of imidazole rings is 1. The Hall–Kier alpha value is -4.11. The number of nitrogens with zero attached hydrogens (tertiary/aromatic N) is 5. The number of allylic oxidation sites excluding steroid dienone is 3. The van der Waals surface area contributed by atoms with E-state index in [1.165, 1.54) is 28.5 Å². The van der Waals surface area contributed by atoms with E-state index in [0.717, 1.165) is 16.7 Å². The van der Waals surface area contributed by atoms with Crippen LogP contribution < -0.4 is 10.4 Å². The number of halogens is 1. The molecule has 0 aliphatic rings. The lowest BCUT2D eigenvalue weighted by atomic mass is 9.98. The molecule has 3 aromatic rings. The quantitative estimate of drug-likeness (QED) is 0.320. The normalized spacial score (nSPS) is 12.9. The van der Waals surface area contributed by atoms with Crippen molar-refractivity contribution in [3.8, 4) is 11.6 Å². The largest absolute Gasteiger partial charge is 0.495 e. The molecular formula is C27H30FN5O3. The van der Waals surface area contributed by atoms with E-state index in [4.69, 9.17) is 9.47 Å². The van der Waals surface area contributed by atoms with E-state index >= 15 is 0 Å². The number of rotatable bonds is 9. The van der Waals surface area contributed by atoms with Crippen molar-refractivity contribution in [2.45, 2.75) is 20.8 Å². The van der Waals surface area contributed by atoms with Crippen LogP contribution in [-0.2, 0) is 11.8 Å². The lowest BCUT2D eigenvalue weighted by molar-refractivity contribution is 0.228. The molecule has 0 unspecified atom stereocenters. The third-order valence-corrected chi connectivity index (χ3v) is 5.72. The fraction of sp³-hybridized carbons (Fsp3) is 0.259. The number of aryl methyl sites for hydroxylation is 2. The predicted octanol–water partition coefficient (Wildman–Crippen LogP) is 4.71. The molecule has 0 radical (unpaired) electrons. The average Bonchev–Trinajstić information content (AvgIpc) is 3.13. The van der Waals surface area contributed by atoms with E-state index in [1.807, 2.05) is 39.0 Å². The van der Waals surface area contributed by atoms with Gasteiger partial charge in [-0.15, -0.1) is 0 Å². The van der Waals surface area contributed by atoms with E-state index in [9.17, 15) is 9.18 Å². The number of hydrogen-bond acceptors (Lipinski definition) is 6. The molecule has 0 aromatic carbocycles. The Bertz CT molecular complexity index is 1470. The van der Waals surface area contributed by atoms with Crippen LogP contribution in [0.4, 0.5) is 4.39 Å². The molecule has 36 heavy (non-hydrogen) atoms. The summed E-state index contributed by atoms with van der Waals surface area (Å²) < 4.78 is 28.1. The second-order valence-electron chi connectivity index (χ2n) is 7.95. The van der Waals surface area contributed by atoms with Gasteiger partial charge in [-0.05, 0) is 43.6 Å². The van der Waals surface area contributed by atoms with Crippen LogP contribution >= 0.6 is 0 Å². The van der Waals surface area contributed by atoms with Crippen LogP contribution in [0.5, 0.6) is 5.75 Å². The highest BCUT2D eigenvalue weighted by Crippen LogP contribution is 2.27. The summed E-state index contributed by atoms with van der Waals surface area (Å²) in [6.07, 6.45) is 12.0. The summed E-state index contributed by atoms with van der Waals surface area (Å²) in [5, 5.41) is 0. The first-order chi connectivity index (χ1) is 17.3. The van der Waals surface area contributed by atoms with Gasteiger partial charge in [-0.1, -0.05) is 18.7 Å². The molecule has 9 heteroatoms. The van der Waals surface area contributed by atoms with Crippen molar-refractivity contribution in [3.63, 3.8) is 0 Å². The topological polar surface area (TPSA) is 83.5 Å². The first-order valence-electron chi connectivity index (χ1n) is 11.3. The highest BCUT2D eigenvalue weighted by molar-refractivity contribution is 5.89. The van der Waals surface area contributed by atoms with E-state index in [2.05, 4.69) is 21.5 Å². The average molecular weight is 492 g/mol. The number of fused-ring (bicyclic) bond motifs is 1. The molecule has 0 atom stereocenters. The van der Waals surface area contributed by atoms with Crippen molar-refractivity contribution in [3.05, 3.63) is 87.7 Å². The Morgan fingerprint density at radius 3 is 2.61 bits per heavy atom. The Kier molecular flexibility index (Phi) is 8.50. The van der Waals surface area contributed by atoms with Crippen molar-refractivity contribution < 1.29 is 13.9 Å². The van der Waals surface area contributed by atoms with Crippen LogP contribution in [0.25, 0.3) is 22.9 Å². The molecule has 0 spiro atoms. The van der Waals surface area contributed by atoms with E-state index in [0.29, 0.717) is 22.3 Å². The number of methoxy groups -OCH3 is 2. The first-order valence-corrected chi connectivity index (χ1v) is 11.3. The minimum absolute atomic E-state index is 0.117. The number of aromatic nitrogens is 4. The van der Waals surface area contributed by atoms with Crippen LogP contribution in [0.1, 0.15) is 25.1 Å². The highest BCUT2D eigenvalue weighted by Gasteiger charge is 2.21. The van der Waals surface area contributed by atoms with Gasteiger partial charge in [0.05, 0.1) is 42.8 Å².